The minimum atomic E-state index is 0.322. The normalized spacial score (nSPS) is 21.3. The lowest BCUT2D eigenvalue weighted by atomic mass is 10.0. The molecule has 2 rings (SSSR count). The first-order chi connectivity index (χ1) is 8.27. The van der Waals surface area contributed by atoms with Crippen molar-refractivity contribution in [3.8, 4) is 0 Å². The van der Waals surface area contributed by atoms with Crippen LogP contribution in [0.2, 0.25) is 0 Å². The molecular weight excluding hydrogens is 228 g/mol. The molecule has 17 heavy (non-hydrogen) atoms. The minimum absolute atomic E-state index is 0.322. The van der Waals surface area contributed by atoms with Crippen LogP contribution in [-0.4, -0.2) is 29.0 Å². The van der Waals surface area contributed by atoms with Crippen molar-refractivity contribution in [1.29, 1.82) is 0 Å². The number of hydrogen-bond donors (Lipinski definition) is 1. The van der Waals surface area contributed by atoms with E-state index >= 15 is 0 Å². The summed E-state index contributed by atoms with van der Waals surface area (Å²) in [6.45, 7) is 2.20. The maximum absolute atomic E-state index is 5.82. The number of nitrogens with two attached hydrogens (primary N) is 1. The Hall–Kier alpha value is -0.930. The quantitative estimate of drug-likeness (QED) is 0.830. The lowest BCUT2D eigenvalue weighted by Gasteiger charge is -2.35. The van der Waals surface area contributed by atoms with Gasteiger partial charge in [0, 0.05) is 6.54 Å². The highest BCUT2D eigenvalue weighted by molar-refractivity contribution is 7.80. The molecule has 1 atom stereocenters. The van der Waals surface area contributed by atoms with E-state index in [-0.39, 0.29) is 0 Å². The molecule has 0 spiro atoms. The molecule has 1 unspecified atom stereocenters. The Morgan fingerprint density at radius 2 is 2.06 bits per heavy atom. The van der Waals surface area contributed by atoms with E-state index in [0.717, 1.165) is 25.9 Å². The lowest BCUT2D eigenvalue weighted by molar-refractivity contribution is 0.195. The fraction of sp³-hybridized carbons (Fsp3) is 0.500. The highest BCUT2D eigenvalue weighted by Gasteiger charge is 2.23. The molecule has 1 aliphatic heterocycles. The number of piperidine rings is 1. The molecule has 92 valence electrons. The van der Waals surface area contributed by atoms with E-state index in [1.165, 1.54) is 18.4 Å². The highest BCUT2D eigenvalue weighted by atomic mass is 32.1. The average molecular weight is 248 g/mol. The summed E-state index contributed by atoms with van der Waals surface area (Å²) in [5.41, 5.74) is 7.20. The predicted molar refractivity (Wildman–Crippen MR) is 76.1 cm³/mol. The van der Waals surface area contributed by atoms with E-state index < -0.39 is 0 Å². The highest BCUT2D eigenvalue weighted by Crippen LogP contribution is 2.17. The van der Waals surface area contributed by atoms with Crippen LogP contribution in [0, 0.1) is 0 Å². The van der Waals surface area contributed by atoms with E-state index in [2.05, 4.69) is 35.2 Å². The standard InChI is InChI=1S/C14H20N2S/c15-14(17)13-8-4-5-10-16(13)11-9-12-6-2-1-3-7-12/h1-3,6-7,13H,4-5,8-11H2,(H2,15,17). The topological polar surface area (TPSA) is 29.3 Å². The second kappa shape index (κ2) is 6.12. The molecular formula is C14H20N2S. The molecule has 0 radical (unpaired) electrons. The van der Waals surface area contributed by atoms with E-state index in [1.54, 1.807) is 0 Å². The first-order valence-corrected chi connectivity index (χ1v) is 6.75. The molecule has 0 amide bonds. The molecule has 0 saturated carbocycles. The molecule has 0 bridgehead atoms. The molecule has 3 heteroatoms. The van der Waals surface area contributed by atoms with Crippen LogP contribution in [0.25, 0.3) is 0 Å². The van der Waals surface area contributed by atoms with Crippen LogP contribution in [0.5, 0.6) is 0 Å². The van der Waals surface area contributed by atoms with E-state index in [9.17, 15) is 0 Å². The summed E-state index contributed by atoms with van der Waals surface area (Å²) in [5, 5.41) is 0. The molecule has 1 aromatic carbocycles. The van der Waals surface area contributed by atoms with E-state index in [0.29, 0.717) is 11.0 Å². The fourth-order valence-electron chi connectivity index (χ4n) is 2.50. The zero-order chi connectivity index (χ0) is 12.1. The predicted octanol–water partition coefficient (Wildman–Crippen LogP) is 2.37. The van der Waals surface area contributed by atoms with Crippen LogP contribution >= 0.6 is 12.2 Å². The summed E-state index contributed by atoms with van der Waals surface area (Å²) >= 11 is 5.16. The van der Waals surface area contributed by atoms with Gasteiger partial charge in [0.05, 0.1) is 11.0 Å². The Labute approximate surface area is 109 Å². The van der Waals surface area contributed by atoms with Gasteiger partial charge in [-0.1, -0.05) is 49.0 Å². The number of benzene rings is 1. The molecule has 2 N–H and O–H groups in total. The Balaban J connectivity index is 1.90. The number of thiocarbonyl (C=S) groups is 1. The van der Waals surface area contributed by atoms with E-state index in [4.69, 9.17) is 18.0 Å². The first-order valence-electron chi connectivity index (χ1n) is 6.34. The first kappa shape index (κ1) is 12.5. The van der Waals surface area contributed by atoms with Crippen LogP contribution in [-0.2, 0) is 6.42 Å². The van der Waals surface area contributed by atoms with Crippen molar-refractivity contribution < 1.29 is 0 Å². The van der Waals surface area contributed by atoms with Gasteiger partial charge in [-0.15, -0.1) is 0 Å². The van der Waals surface area contributed by atoms with Gasteiger partial charge in [-0.2, -0.15) is 0 Å². The molecule has 1 fully saturated rings. The summed E-state index contributed by atoms with van der Waals surface area (Å²) in [6.07, 6.45) is 4.74. The maximum atomic E-state index is 5.82. The summed E-state index contributed by atoms with van der Waals surface area (Å²) < 4.78 is 0. The van der Waals surface area contributed by atoms with Crippen molar-refractivity contribution in [2.24, 2.45) is 5.73 Å². The number of hydrogen-bond acceptors (Lipinski definition) is 2. The number of likely N-dealkylation sites (tertiary alicyclic amines) is 1. The molecule has 1 aliphatic rings. The van der Waals surface area contributed by atoms with Crippen molar-refractivity contribution in [2.75, 3.05) is 13.1 Å². The Bertz CT molecular complexity index is 364. The smallest absolute Gasteiger partial charge is 0.0902 e. The molecule has 0 aliphatic carbocycles. The van der Waals surface area contributed by atoms with Crippen LogP contribution in [0.3, 0.4) is 0 Å². The third kappa shape index (κ3) is 3.51. The van der Waals surface area contributed by atoms with Crippen LogP contribution in [0.4, 0.5) is 0 Å². The second-order valence-electron chi connectivity index (χ2n) is 4.69. The third-order valence-electron chi connectivity index (χ3n) is 3.47. The zero-order valence-corrected chi connectivity index (χ0v) is 11.0. The van der Waals surface area contributed by atoms with Crippen LogP contribution in [0.15, 0.2) is 30.3 Å². The SMILES string of the molecule is NC(=S)C1CCCCN1CCc1ccccc1. The number of nitrogens with zero attached hydrogens (tertiary/aromatic N) is 1. The molecule has 0 aromatic heterocycles. The summed E-state index contributed by atoms with van der Waals surface area (Å²) in [6, 6.07) is 10.9. The Morgan fingerprint density at radius 3 is 2.76 bits per heavy atom. The monoisotopic (exact) mass is 248 g/mol. The molecule has 1 saturated heterocycles. The minimum Gasteiger partial charge on any atom is -0.392 e. The summed E-state index contributed by atoms with van der Waals surface area (Å²) in [5.74, 6) is 0. The van der Waals surface area contributed by atoms with Gasteiger partial charge in [0.2, 0.25) is 0 Å². The molecule has 1 aromatic rings. The van der Waals surface area contributed by atoms with Gasteiger partial charge in [0.15, 0.2) is 0 Å². The van der Waals surface area contributed by atoms with Gasteiger partial charge in [0.1, 0.15) is 0 Å². The summed E-state index contributed by atoms with van der Waals surface area (Å²) in [7, 11) is 0. The van der Waals surface area contributed by atoms with Gasteiger partial charge in [-0.05, 0) is 31.4 Å². The van der Waals surface area contributed by atoms with Crippen molar-refractivity contribution in [1.82, 2.24) is 4.90 Å². The van der Waals surface area contributed by atoms with Crippen LogP contribution < -0.4 is 5.73 Å². The van der Waals surface area contributed by atoms with Gasteiger partial charge in [0.25, 0.3) is 0 Å². The lowest BCUT2D eigenvalue weighted by Crippen LogP contribution is -2.47. The third-order valence-corrected chi connectivity index (χ3v) is 3.74. The zero-order valence-electron chi connectivity index (χ0n) is 10.1. The average Bonchev–Trinajstić information content (AvgIpc) is 2.38. The summed E-state index contributed by atoms with van der Waals surface area (Å²) in [4.78, 5) is 3.11. The van der Waals surface area contributed by atoms with E-state index in [1.807, 2.05) is 0 Å². The molecule has 2 nitrogen and oxygen atoms in total. The Kier molecular flexibility index (Phi) is 4.51. The van der Waals surface area contributed by atoms with Gasteiger partial charge >= 0.3 is 0 Å². The second-order valence-corrected chi connectivity index (χ2v) is 5.16. The number of rotatable bonds is 4. The van der Waals surface area contributed by atoms with Crippen molar-refractivity contribution in [3.05, 3.63) is 35.9 Å². The maximum Gasteiger partial charge on any atom is 0.0902 e. The van der Waals surface area contributed by atoms with Crippen molar-refractivity contribution in [2.45, 2.75) is 31.7 Å². The van der Waals surface area contributed by atoms with Gasteiger partial charge in [-0.3, -0.25) is 4.90 Å². The van der Waals surface area contributed by atoms with Gasteiger partial charge < -0.3 is 5.73 Å². The Morgan fingerprint density at radius 1 is 1.29 bits per heavy atom. The van der Waals surface area contributed by atoms with Crippen molar-refractivity contribution >= 4 is 17.2 Å². The van der Waals surface area contributed by atoms with Crippen molar-refractivity contribution in [3.63, 3.8) is 0 Å². The molecule has 1 heterocycles. The van der Waals surface area contributed by atoms with Crippen LogP contribution in [0.1, 0.15) is 24.8 Å². The fourth-order valence-corrected chi connectivity index (χ4v) is 2.77. The van der Waals surface area contributed by atoms with Gasteiger partial charge in [-0.25, -0.2) is 0 Å². The largest absolute Gasteiger partial charge is 0.392 e.